The van der Waals surface area contributed by atoms with Crippen molar-refractivity contribution in [3.8, 4) is 5.69 Å². The van der Waals surface area contributed by atoms with E-state index in [1.807, 2.05) is 10.7 Å². The van der Waals surface area contributed by atoms with E-state index >= 15 is 0 Å². The van der Waals surface area contributed by atoms with Gasteiger partial charge < -0.3 is 4.90 Å². The molecule has 2 aromatic heterocycles. The second kappa shape index (κ2) is 6.44. The van der Waals surface area contributed by atoms with Gasteiger partial charge in [-0.2, -0.15) is 5.10 Å². The number of fused-ring (bicyclic) bond motifs is 2. The first kappa shape index (κ1) is 16.9. The summed E-state index contributed by atoms with van der Waals surface area (Å²) in [6, 6.07) is 9.31. The van der Waals surface area contributed by atoms with Crippen LogP contribution in [0.2, 0.25) is 0 Å². The smallest absolute Gasteiger partial charge is 0.274 e. The number of hydrogen-bond donors (Lipinski definition) is 0. The van der Waals surface area contributed by atoms with E-state index in [4.69, 9.17) is 0 Å². The van der Waals surface area contributed by atoms with Crippen LogP contribution < -0.4 is 5.56 Å². The summed E-state index contributed by atoms with van der Waals surface area (Å²) in [6.07, 6.45) is 4.44. The molecule has 4 heterocycles. The molecular formula is C21H19FN4O2. The zero-order valence-corrected chi connectivity index (χ0v) is 15.3. The lowest BCUT2D eigenvalue weighted by Crippen LogP contribution is -2.37. The number of aryl methyl sites for hydroxylation is 2. The highest BCUT2D eigenvalue weighted by Gasteiger charge is 2.26. The highest BCUT2D eigenvalue weighted by atomic mass is 19.1. The number of nitrogens with zero attached hydrogens (tertiary/aromatic N) is 4. The van der Waals surface area contributed by atoms with Gasteiger partial charge in [0.15, 0.2) is 5.69 Å². The molecule has 0 saturated carbocycles. The summed E-state index contributed by atoms with van der Waals surface area (Å²) in [5.74, 6) is -0.425. The number of amides is 1. The molecule has 0 spiro atoms. The average molecular weight is 378 g/mol. The molecule has 0 bridgehead atoms. The van der Waals surface area contributed by atoms with Crippen molar-refractivity contribution in [2.75, 3.05) is 6.54 Å². The van der Waals surface area contributed by atoms with Gasteiger partial charge in [0.2, 0.25) is 0 Å². The number of hydrogen-bond acceptors (Lipinski definition) is 3. The van der Waals surface area contributed by atoms with Crippen LogP contribution in [0, 0.1) is 5.82 Å². The Labute approximate surface area is 160 Å². The largest absolute Gasteiger partial charge is 0.333 e. The van der Waals surface area contributed by atoms with Gasteiger partial charge in [0.1, 0.15) is 5.82 Å². The monoisotopic (exact) mass is 378 g/mol. The highest BCUT2D eigenvalue weighted by Crippen LogP contribution is 2.22. The van der Waals surface area contributed by atoms with Crippen LogP contribution in [0.5, 0.6) is 0 Å². The minimum atomic E-state index is -0.349. The SMILES string of the molecule is O=C(c1cc2n(n1)CCC2)N1CCc2cc(=O)n(-c3ccc(F)cc3)cc2C1. The van der Waals surface area contributed by atoms with Crippen LogP contribution in [0.4, 0.5) is 4.39 Å². The van der Waals surface area contributed by atoms with Gasteiger partial charge in [-0.25, -0.2) is 4.39 Å². The molecule has 0 fully saturated rings. The summed E-state index contributed by atoms with van der Waals surface area (Å²) < 4.78 is 16.6. The average Bonchev–Trinajstić information content (AvgIpc) is 3.29. The highest BCUT2D eigenvalue weighted by molar-refractivity contribution is 5.92. The lowest BCUT2D eigenvalue weighted by atomic mass is 10.0. The molecule has 6 nitrogen and oxygen atoms in total. The zero-order valence-electron chi connectivity index (χ0n) is 15.3. The lowest BCUT2D eigenvalue weighted by molar-refractivity contribution is 0.0727. The fourth-order valence-electron chi connectivity index (χ4n) is 4.03. The van der Waals surface area contributed by atoms with Gasteiger partial charge in [-0.1, -0.05) is 0 Å². The Morgan fingerprint density at radius 2 is 1.86 bits per heavy atom. The van der Waals surface area contributed by atoms with Crippen LogP contribution >= 0.6 is 0 Å². The maximum Gasteiger partial charge on any atom is 0.274 e. The van der Waals surface area contributed by atoms with E-state index in [1.165, 1.54) is 16.7 Å². The first-order chi connectivity index (χ1) is 13.6. The van der Waals surface area contributed by atoms with E-state index in [-0.39, 0.29) is 17.3 Å². The third-order valence-corrected chi connectivity index (χ3v) is 5.52. The van der Waals surface area contributed by atoms with Gasteiger partial charge in [0.25, 0.3) is 11.5 Å². The summed E-state index contributed by atoms with van der Waals surface area (Å²) in [4.78, 5) is 27.2. The second-order valence-corrected chi connectivity index (χ2v) is 7.33. The minimum Gasteiger partial charge on any atom is -0.333 e. The molecule has 0 atom stereocenters. The van der Waals surface area contributed by atoms with Crippen molar-refractivity contribution in [1.82, 2.24) is 19.2 Å². The Balaban J connectivity index is 1.44. The molecular weight excluding hydrogens is 359 g/mol. The third-order valence-electron chi connectivity index (χ3n) is 5.52. The summed E-state index contributed by atoms with van der Waals surface area (Å²) in [5, 5.41) is 4.44. The van der Waals surface area contributed by atoms with E-state index in [9.17, 15) is 14.0 Å². The Kier molecular flexibility index (Phi) is 3.89. The minimum absolute atomic E-state index is 0.0768. The standard InChI is InChI=1S/C21H19FN4O2/c22-16-3-5-17(6-4-16)25-13-15-12-24(9-7-14(15)10-20(25)27)21(28)19-11-18-2-1-8-26(18)23-19/h3-6,10-11,13H,1-2,7-9,12H2. The normalized spacial score (nSPS) is 15.4. The zero-order chi connectivity index (χ0) is 19.3. The number of carbonyl (C=O) groups excluding carboxylic acids is 1. The molecule has 2 aliphatic heterocycles. The van der Waals surface area contributed by atoms with Crippen LogP contribution in [0.15, 0.2) is 47.4 Å². The van der Waals surface area contributed by atoms with Crippen LogP contribution in [0.25, 0.3) is 5.69 Å². The lowest BCUT2D eigenvalue weighted by Gasteiger charge is -2.28. The van der Waals surface area contributed by atoms with Crippen molar-refractivity contribution in [2.45, 2.75) is 32.4 Å². The maximum absolute atomic E-state index is 13.2. The quantitative estimate of drug-likeness (QED) is 0.688. The fourth-order valence-corrected chi connectivity index (χ4v) is 4.03. The predicted molar refractivity (Wildman–Crippen MR) is 101 cm³/mol. The van der Waals surface area contributed by atoms with Crippen LogP contribution in [-0.2, 0) is 25.9 Å². The molecule has 1 amide bonds. The molecule has 7 heteroatoms. The molecule has 1 aromatic carbocycles. The van der Waals surface area contributed by atoms with E-state index in [1.54, 1.807) is 29.3 Å². The summed E-state index contributed by atoms with van der Waals surface area (Å²) in [7, 11) is 0. The van der Waals surface area contributed by atoms with E-state index in [0.29, 0.717) is 30.9 Å². The Morgan fingerprint density at radius 3 is 2.64 bits per heavy atom. The topological polar surface area (TPSA) is 60.1 Å². The van der Waals surface area contributed by atoms with Gasteiger partial charge in [-0.05, 0) is 60.7 Å². The van der Waals surface area contributed by atoms with Crippen molar-refractivity contribution in [1.29, 1.82) is 0 Å². The van der Waals surface area contributed by atoms with Crippen LogP contribution in [0.1, 0.15) is 33.7 Å². The molecule has 0 unspecified atom stereocenters. The summed E-state index contributed by atoms with van der Waals surface area (Å²) in [6.45, 7) is 1.86. The Bertz CT molecular complexity index is 1110. The summed E-state index contributed by atoms with van der Waals surface area (Å²) in [5.41, 5.74) is 3.93. The third kappa shape index (κ3) is 2.83. The fraction of sp³-hybridized carbons (Fsp3) is 0.286. The molecule has 2 aliphatic rings. The first-order valence-electron chi connectivity index (χ1n) is 9.45. The number of rotatable bonds is 2. The molecule has 3 aromatic rings. The number of benzene rings is 1. The maximum atomic E-state index is 13.2. The van der Waals surface area contributed by atoms with Crippen molar-refractivity contribution >= 4 is 5.91 Å². The van der Waals surface area contributed by atoms with Crippen LogP contribution in [-0.4, -0.2) is 31.7 Å². The molecule has 0 saturated heterocycles. The number of aromatic nitrogens is 3. The van der Waals surface area contributed by atoms with Crippen molar-refractivity contribution < 1.29 is 9.18 Å². The van der Waals surface area contributed by atoms with Gasteiger partial charge in [0, 0.05) is 43.3 Å². The van der Waals surface area contributed by atoms with Gasteiger partial charge >= 0.3 is 0 Å². The van der Waals surface area contributed by atoms with Gasteiger partial charge in [-0.3, -0.25) is 18.8 Å². The number of halogens is 1. The van der Waals surface area contributed by atoms with Crippen molar-refractivity contribution in [3.05, 3.63) is 81.3 Å². The van der Waals surface area contributed by atoms with Crippen molar-refractivity contribution in [3.63, 3.8) is 0 Å². The molecule has 5 rings (SSSR count). The predicted octanol–water partition coefficient (Wildman–Crippen LogP) is 2.32. The molecule has 0 aliphatic carbocycles. The van der Waals surface area contributed by atoms with Crippen LogP contribution in [0.3, 0.4) is 0 Å². The molecule has 0 radical (unpaired) electrons. The van der Waals surface area contributed by atoms with E-state index in [0.717, 1.165) is 36.2 Å². The summed E-state index contributed by atoms with van der Waals surface area (Å²) >= 11 is 0. The second-order valence-electron chi connectivity index (χ2n) is 7.33. The first-order valence-corrected chi connectivity index (χ1v) is 9.45. The van der Waals surface area contributed by atoms with Crippen molar-refractivity contribution in [2.24, 2.45) is 0 Å². The molecule has 28 heavy (non-hydrogen) atoms. The van der Waals surface area contributed by atoms with Gasteiger partial charge in [0.05, 0.1) is 0 Å². The Morgan fingerprint density at radius 1 is 1.04 bits per heavy atom. The Hall–Kier alpha value is -3.22. The molecule has 142 valence electrons. The number of carbonyl (C=O) groups is 1. The van der Waals surface area contributed by atoms with E-state index < -0.39 is 0 Å². The molecule has 0 N–H and O–H groups in total. The van der Waals surface area contributed by atoms with E-state index in [2.05, 4.69) is 5.10 Å². The van der Waals surface area contributed by atoms with Gasteiger partial charge in [-0.15, -0.1) is 0 Å². The number of pyridine rings is 1.